The van der Waals surface area contributed by atoms with Gasteiger partial charge < -0.3 is 5.32 Å². The number of nitrogens with one attached hydrogen (secondary N) is 1. The number of likely N-dealkylation sites (tertiary alicyclic amines) is 1. The molecule has 1 unspecified atom stereocenters. The van der Waals surface area contributed by atoms with E-state index >= 15 is 0 Å². The van der Waals surface area contributed by atoms with Crippen molar-refractivity contribution in [2.24, 2.45) is 0 Å². The van der Waals surface area contributed by atoms with Crippen LogP contribution in [0.5, 0.6) is 0 Å². The van der Waals surface area contributed by atoms with Crippen LogP contribution >= 0.6 is 0 Å². The zero-order valence-corrected chi connectivity index (χ0v) is 12.0. The molecule has 0 radical (unpaired) electrons. The smallest absolute Gasteiger partial charge is 0.137 e. The minimum Gasteiger partial charge on any atom is -0.368 e. The van der Waals surface area contributed by atoms with Crippen molar-refractivity contribution in [3.05, 3.63) is 30.6 Å². The van der Waals surface area contributed by atoms with E-state index in [9.17, 15) is 0 Å². The molecule has 2 heterocycles. The molecular formula is C16H22N4. The summed E-state index contributed by atoms with van der Waals surface area (Å²) in [6.45, 7) is 5.68. The SMILES string of the molecule is CC(CNc1ncnc2ccccc12)N1CCCCC1. The molecule has 0 spiro atoms. The Morgan fingerprint density at radius 3 is 2.80 bits per heavy atom. The van der Waals surface area contributed by atoms with Gasteiger partial charge in [0, 0.05) is 18.0 Å². The second-order valence-electron chi connectivity index (χ2n) is 5.57. The zero-order chi connectivity index (χ0) is 13.8. The lowest BCUT2D eigenvalue weighted by molar-refractivity contribution is 0.180. The number of fused-ring (bicyclic) bond motifs is 1. The molecule has 1 aromatic carbocycles. The first-order valence-corrected chi connectivity index (χ1v) is 7.52. The number of hydrogen-bond donors (Lipinski definition) is 1. The lowest BCUT2D eigenvalue weighted by Gasteiger charge is -2.32. The molecule has 2 aromatic rings. The van der Waals surface area contributed by atoms with Crippen molar-refractivity contribution in [2.75, 3.05) is 25.0 Å². The van der Waals surface area contributed by atoms with Gasteiger partial charge in [-0.05, 0) is 45.0 Å². The quantitative estimate of drug-likeness (QED) is 0.927. The van der Waals surface area contributed by atoms with E-state index in [1.54, 1.807) is 6.33 Å². The summed E-state index contributed by atoms with van der Waals surface area (Å²) >= 11 is 0. The Kier molecular flexibility index (Phi) is 4.11. The summed E-state index contributed by atoms with van der Waals surface area (Å²) in [7, 11) is 0. The van der Waals surface area contributed by atoms with Gasteiger partial charge in [0.25, 0.3) is 0 Å². The van der Waals surface area contributed by atoms with Crippen LogP contribution in [0.3, 0.4) is 0 Å². The second kappa shape index (κ2) is 6.18. The van der Waals surface area contributed by atoms with Crippen molar-refractivity contribution < 1.29 is 0 Å². The number of anilines is 1. The predicted octanol–water partition coefficient (Wildman–Crippen LogP) is 2.92. The van der Waals surface area contributed by atoms with E-state index in [1.807, 2.05) is 18.2 Å². The Hall–Kier alpha value is -1.68. The van der Waals surface area contributed by atoms with Gasteiger partial charge in [-0.15, -0.1) is 0 Å². The van der Waals surface area contributed by atoms with E-state index < -0.39 is 0 Å². The molecule has 106 valence electrons. The molecule has 4 heteroatoms. The zero-order valence-electron chi connectivity index (χ0n) is 12.0. The van der Waals surface area contributed by atoms with Crippen molar-refractivity contribution >= 4 is 16.7 Å². The molecule has 0 amide bonds. The molecule has 1 aromatic heterocycles. The topological polar surface area (TPSA) is 41.1 Å². The number of rotatable bonds is 4. The second-order valence-corrected chi connectivity index (χ2v) is 5.57. The fourth-order valence-corrected chi connectivity index (χ4v) is 2.88. The van der Waals surface area contributed by atoms with Crippen LogP contribution in [-0.2, 0) is 0 Å². The average Bonchev–Trinajstić information content (AvgIpc) is 2.53. The fourth-order valence-electron chi connectivity index (χ4n) is 2.88. The molecule has 1 atom stereocenters. The highest BCUT2D eigenvalue weighted by molar-refractivity contribution is 5.88. The van der Waals surface area contributed by atoms with Crippen molar-refractivity contribution in [1.82, 2.24) is 14.9 Å². The summed E-state index contributed by atoms with van der Waals surface area (Å²) in [5.41, 5.74) is 0.996. The third-order valence-corrected chi connectivity index (χ3v) is 4.12. The van der Waals surface area contributed by atoms with E-state index in [4.69, 9.17) is 0 Å². The maximum Gasteiger partial charge on any atom is 0.137 e. The maximum atomic E-state index is 4.38. The molecule has 1 aliphatic heterocycles. The summed E-state index contributed by atoms with van der Waals surface area (Å²) in [5.74, 6) is 0.944. The molecule has 1 N–H and O–H groups in total. The van der Waals surface area contributed by atoms with E-state index in [0.29, 0.717) is 6.04 Å². The Balaban J connectivity index is 1.67. The normalized spacial score (nSPS) is 18.1. The van der Waals surface area contributed by atoms with Gasteiger partial charge in [0.1, 0.15) is 12.1 Å². The molecular weight excluding hydrogens is 248 g/mol. The first-order chi connectivity index (χ1) is 9.84. The number of para-hydroxylation sites is 1. The monoisotopic (exact) mass is 270 g/mol. The molecule has 0 aliphatic carbocycles. The van der Waals surface area contributed by atoms with Gasteiger partial charge in [-0.3, -0.25) is 4.90 Å². The first kappa shape index (κ1) is 13.3. The first-order valence-electron chi connectivity index (χ1n) is 7.52. The maximum absolute atomic E-state index is 4.38. The predicted molar refractivity (Wildman–Crippen MR) is 82.9 cm³/mol. The van der Waals surface area contributed by atoms with E-state index in [-0.39, 0.29) is 0 Å². The minimum atomic E-state index is 0.545. The Morgan fingerprint density at radius 2 is 1.95 bits per heavy atom. The van der Waals surface area contributed by atoms with Crippen LogP contribution in [0.1, 0.15) is 26.2 Å². The van der Waals surface area contributed by atoms with Crippen LogP contribution in [0.4, 0.5) is 5.82 Å². The third kappa shape index (κ3) is 2.90. The van der Waals surface area contributed by atoms with Crippen LogP contribution in [-0.4, -0.2) is 40.5 Å². The Labute approximate surface area is 120 Å². The fraction of sp³-hybridized carbons (Fsp3) is 0.500. The molecule has 1 aliphatic rings. The molecule has 3 rings (SSSR count). The third-order valence-electron chi connectivity index (χ3n) is 4.12. The number of aromatic nitrogens is 2. The number of hydrogen-bond acceptors (Lipinski definition) is 4. The highest BCUT2D eigenvalue weighted by Crippen LogP contribution is 2.19. The van der Waals surface area contributed by atoms with Crippen LogP contribution in [0, 0.1) is 0 Å². The van der Waals surface area contributed by atoms with E-state index in [0.717, 1.165) is 23.3 Å². The largest absolute Gasteiger partial charge is 0.368 e. The lowest BCUT2D eigenvalue weighted by Crippen LogP contribution is -2.41. The van der Waals surface area contributed by atoms with Gasteiger partial charge in [-0.25, -0.2) is 9.97 Å². The summed E-state index contributed by atoms with van der Waals surface area (Å²) in [6.07, 6.45) is 5.69. The number of nitrogens with zero attached hydrogens (tertiary/aromatic N) is 3. The van der Waals surface area contributed by atoms with Crippen LogP contribution in [0.15, 0.2) is 30.6 Å². The van der Waals surface area contributed by atoms with Crippen LogP contribution in [0.25, 0.3) is 10.9 Å². The summed E-state index contributed by atoms with van der Waals surface area (Å²) in [6, 6.07) is 8.68. The van der Waals surface area contributed by atoms with Gasteiger partial charge in [0.2, 0.25) is 0 Å². The van der Waals surface area contributed by atoms with Crippen molar-refractivity contribution in [3.8, 4) is 0 Å². The van der Waals surface area contributed by atoms with Gasteiger partial charge in [-0.2, -0.15) is 0 Å². The summed E-state index contributed by atoms with van der Waals surface area (Å²) in [5, 5.41) is 4.59. The standard InChI is InChI=1S/C16H22N4/c1-13(20-9-5-2-6-10-20)11-17-16-14-7-3-4-8-15(14)18-12-19-16/h3-4,7-8,12-13H,2,5-6,9-11H2,1H3,(H,17,18,19). The molecule has 1 saturated heterocycles. The van der Waals surface area contributed by atoms with Gasteiger partial charge in [0.15, 0.2) is 0 Å². The Morgan fingerprint density at radius 1 is 1.15 bits per heavy atom. The minimum absolute atomic E-state index is 0.545. The molecule has 0 bridgehead atoms. The highest BCUT2D eigenvalue weighted by atomic mass is 15.2. The molecule has 4 nitrogen and oxygen atoms in total. The lowest BCUT2D eigenvalue weighted by atomic mass is 10.1. The van der Waals surface area contributed by atoms with Crippen molar-refractivity contribution in [3.63, 3.8) is 0 Å². The van der Waals surface area contributed by atoms with E-state index in [2.05, 4.69) is 33.2 Å². The van der Waals surface area contributed by atoms with Gasteiger partial charge in [-0.1, -0.05) is 18.6 Å². The van der Waals surface area contributed by atoms with Crippen molar-refractivity contribution in [2.45, 2.75) is 32.2 Å². The molecule has 0 saturated carbocycles. The van der Waals surface area contributed by atoms with Crippen LogP contribution < -0.4 is 5.32 Å². The average molecular weight is 270 g/mol. The number of piperidine rings is 1. The van der Waals surface area contributed by atoms with Gasteiger partial charge in [0.05, 0.1) is 5.52 Å². The Bertz CT molecular complexity index is 558. The summed E-state index contributed by atoms with van der Waals surface area (Å²) < 4.78 is 0. The summed E-state index contributed by atoms with van der Waals surface area (Å²) in [4.78, 5) is 11.2. The molecule has 1 fully saturated rings. The number of benzene rings is 1. The van der Waals surface area contributed by atoms with E-state index in [1.165, 1.54) is 32.4 Å². The van der Waals surface area contributed by atoms with Gasteiger partial charge >= 0.3 is 0 Å². The van der Waals surface area contributed by atoms with Crippen molar-refractivity contribution in [1.29, 1.82) is 0 Å². The van der Waals surface area contributed by atoms with Crippen LogP contribution in [0.2, 0.25) is 0 Å². The highest BCUT2D eigenvalue weighted by Gasteiger charge is 2.16. The molecule has 20 heavy (non-hydrogen) atoms.